The second kappa shape index (κ2) is 3.72. The largest absolute Gasteiger partial charge is 0.432 e. The summed E-state index contributed by atoms with van der Waals surface area (Å²) in [5.74, 6) is -0.489. The van der Waals surface area contributed by atoms with Crippen LogP contribution in [-0.2, 0) is 6.18 Å². The van der Waals surface area contributed by atoms with Gasteiger partial charge in [-0.3, -0.25) is 9.89 Å². The molecule has 0 saturated heterocycles. The normalized spacial score (nSPS) is 14.1. The van der Waals surface area contributed by atoms with E-state index in [2.05, 4.69) is 21.0 Å². The maximum atomic E-state index is 12.1. The first kappa shape index (κ1) is 11.2. The van der Waals surface area contributed by atoms with Crippen LogP contribution in [0.1, 0.15) is 23.1 Å². The van der Waals surface area contributed by atoms with E-state index in [0.29, 0.717) is 6.07 Å². The fraction of sp³-hybridized carbons (Fsp3) is 0.429. The van der Waals surface area contributed by atoms with Crippen molar-refractivity contribution < 1.29 is 18.0 Å². The van der Waals surface area contributed by atoms with E-state index in [1.165, 1.54) is 6.92 Å². The molecule has 0 aliphatic heterocycles. The van der Waals surface area contributed by atoms with Crippen LogP contribution in [0.3, 0.4) is 0 Å². The number of alkyl halides is 4. The maximum Gasteiger partial charge on any atom is 0.432 e. The van der Waals surface area contributed by atoms with Crippen molar-refractivity contribution >= 4 is 21.7 Å². The maximum absolute atomic E-state index is 12.1. The number of rotatable bonds is 2. The van der Waals surface area contributed by atoms with E-state index in [-0.39, 0.29) is 5.69 Å². The zero-order chi connectivity index (χ0) is 10.9. The molecule has 0 aliphatic carbocycles. The van der Waals surface area contributed by atoms with E-state index >= 15 is 0 Å². The smallest absolute Gasteiger partial charge is 0.291 e. The number of halogens is 4. The first-order chi connectivity index (χ1) is 6.32. The molecule has 1 unspecified atom stereocenters. The molecule has 1 aromatic heterocycles. The van der Waals surface area contributed by atoms with Crippen molar-refractivity contribution in [2.45, 2.75) is 17.9 Å². The zero-order valence-corrected chi connectivity index (χ0v) is 8.61. The molecule has 0 spiro atoms. The SMILES string of the molecule is CC(Br)C(=O)c1cc(C(F)(F)F)[nH]n1. The van der Waals surface area contributed by atoms with Crippen LogP contribution in [-0.4, -0.2) is 20.8 Å². The number of carbonyl (C=O) groups is 1. The second-order valence-corrected chi connectivity index (χ2v) is 4.02. The summed E-state index contributed by atoms with van der Waals surface area (Å²) in [6.07, 6.45) is -4.50. The summed E-state index contributed by atoms with van der Waals surface area (Å²) in [5, 5.41) is 5.04. The van der Waals surface area contributed by atoms with Gasteiger partial charge in [0.25, 0.3) is 0 Å². The second-order valence-electron chi connectivity index (χ2n) is 2.64. The molecule has 0 saturated carbocycles. The summed E-state index contributed by atoms with van der Waals surface area (Å²) < 4.78 is 36.2. The van der Waals surface area contributed by atoms with E-state index in [9.17, 15) is 18.0 Å². The Kier molecular flexibility index (Phi) is 2.98. The summed E-state index contributed by atoms with van der Waals surface area (Å²) in [4.78, 5) is 10.6. The first-order valence-electron chi connectivity index (χ1n) is 3.63. The highest BCUT2D eigenvalue weighted by molar-refractivity contribution is 9.10. The van der Waals surface area contributed by atoms with E-state index in [1.807, 2.05) is 0 Å². The van der Waals surface area contributed by atoms with Crippen LogP contribution < -0.4 is 0 Å². The van der Waals surface area contributed by atoms with Crippen molar-refractivity contribution in [3.8, 4) is 0 Å². The predicted molar refractivity (Wildman–Crippen MR) is 46.3 cm³/mol. The highest BCUT2D eigenvalue weighted by Gasteiger charge is 2.34. The van der Waals surface area contributed by atoms with Gasteiger partial charge in [-0.05, 0) is 13.0 Å². The molecule has 0 fully saturated rings. The lowest BCUT2D eigenvalue weighted by atomic mass is 10.2. The van der Waals surface area contributed by atoms with Crippen LogP contribution >= 0.6 is 15.9 Å². The van der Waals surface area contributed by atoms with Crippen LogP contribution in [0.15, 0.2) is 6.07 Å². The minimum atomic E-state index is -4.50. The number of nitrogens with zero attached hydrogens (tertiary/aromatic N) is 1. The minimum Gasteiger partial charge on any atom is -0.291 e. The molecular formula is C7H6BrF3N2O. The van der Waals surface area contributed by atoms with Crippen molar-refractivity contribution in [2.24, 2.45) is 0 Å². The third-order valence-electron chi connectivity index (χ3n) is 1.50. The van der Waals surface area contributed by atoms with Gasteiger partial charge in [0.15, 0.2) is 5.78 Å². The van der Waals surface area contributed by atoms with Crippen molar-refractivity contribution in [3.05, 3.63) is 17.5 Å². The number of Topliss-reactive ketones (excluding diaryl/α,β-unsaturated/α-hetero) is 1. The number of nitrogens with one attached hydrogen (secondary N) is 1. The summed E-state index contributed by atoms with van der Waals surface area (Å²) in [7, 11) is 0. The Morgan fingerprint density at radius 2 is 2.21 bits per heavy atom. The number of hydrogen-bond donors (Lipinski definition) is 1. The lowest BCUT2D eigenvalue weighted by molar-refractivity contribution is -0.141. The molecule has 14 heavy (non-hydrogen) atoms. The Labute approximate surface area is 85.8 Å². The molecule has 1 atom stereocenters. The van der Waals surface area contributed by atoms with Crippen LogP contribution in [0.4, 0.5) is 13.2 Å². The molecule has 0 radical (unpaired) electrons. The van der Waals surface area contributed by atoms with Gasteiger partial charge < -0.3 is 0 Å². The van der Waals surface area contributed by atoms with Crippen LogP contribution in [0.2, 0.25) is 0 Å². The van der Waals surface area contributed by atoms with Gasteiger partial charge in [0.05, 0.1) is 4.83 Å². The van der Waals surface area contributed by atoms with E-state index in [0.717, 1.165) is 0 Å². The monoisotopic (exact) mass is 270 g/mol. The molecule has 0 amide bonds. The van der Waals surface area contributed by atoms with E-state index in [1.54, 1.807) is 5.10 Å². The molecule has 1 heterocycles. The quantitative estimate of drug-likeness (QED) is 0.663. The molecule has 1 N–H and O–H groups in total. The minimum absolute atomic E-state index is 0.221. The van der Waals surface area contributed by atoms with Crippen molar-refractivity contribution in [3.63, 3.8) is 0 Å². The lowest BCUT2D eigenvalue weighted by Crippen LogP contribution is -2.10. The van der Waals surface area contributed by atoms with Crippen LogP contribution in [0.25, 0.3) is 0 Å². The van der Waals surface area contributed by atoms with Gasteiger partial charge in [-0.25, -0.2) is 0 Å². The lowest BCUT2D eigenvalue weighted by Gasteiger charge is -2.00. The highest BCUT2D eigenvalue weighted by Crippen LogP contribution is 2.28. The predicted octanol–water partition coefficient (Wildman–Crippen LogP) is 2.39. The number of hydrogen-bond acceptors (Lipinski definition) is 2. The molecule has 0 aromatic carbocycles. The number of carbonyl (C=O) groups excluding carboxylic acids is 1. The van der Waals surface area contributed by atoms with Gasteiger partial charge in [0.2, 0.25) is 0 Å². The Morgan fingerprint density at radius 1 is 1.64 bits per heavy atom. The average molecular weight is 271 g/mol. The number of aromatic amines is 1. The Balaban J connectivity index is 2.95. The molecule has 78 valence electrons. The van der Waals surface area contributed by atoms with Crippen LogP contribution in [0, 0.1) is 0 Å². The average Bonchev–Trinajstić information content (AvgIpc) is 2.49. The number of aromatic nitrogens is 2. The van der Waals surface area contributed by atoms with Crippen molar-refractivity contribution in [2.75, 3.05) is 0 Å². The van der Waals surface area contributed by atoms with Crippen molar-refractivity contribution in [1.29, 1.82) is 0 Å². The summed E-state index contributed by atoms with van der Waals surface area (Å²) in [6.45, 7) is 1.52. The topological polar surface area (TPSA) is 45.8 Å². The molecule has 0 bridgehead atoms. The molecule has 1 aromatic rings. The van der Waals surface area contributed by atoms with Gasteiger partial charge in [-0.1, -0.05) is 15.9 Å². The van der Waals surface area contributed by atoms with E-state index in [4.69, 9.17) is 0 Å². The summed E-state index contributed by atoms with van der Waals surface area (Å²) in [6, 6.07) is 0.695. The number of ketones is 1. The van der Waals surface area contributed by atoms with Crippen molar-refractivity contribution in [1.82, 2.24) is 10.2 Å². The Morgan fingerprint density at radius 3 is 2.57 bits per heavy atom. The van der Waals surface area contributed by atoms with Gasteiger partial charge in [-0.15, -0.1) is 0 Å². The summed E-state index contributed by atoms with van der Waals surface area (Å²) >= 11 is 2.95. The third kappa shape index (κ3) is 2.34. The fourth-order valence-corrected chi connectivity index (χ4v) is 1.03. The fourth-order valence-electron chi connectivity index (χ4n) is 0.797. The standard InChI is InChI=1S/C7H6BrF3N2O/c1-3(8)6(14)4-2-5(13-12-4)7(9,10)11/h2-3H,1H3,(H,12,13). The Bertz CT molecular complexity index is 345. The van der Waals surface area contributed by atoms with Gasteiger partial charge in [0, 0.05) is 0 Å². The first-order valence-corrected chi connectivity index (χ1v) is 4.55. The molecule has 0 aliphatic rings. The highest BCUT2D eigenvalue weighted by atomic mass is 79.9. The van der Waals surface area contributed by atoms with E-state index < -0.39 is 22.5 Å². The molecule has 3 nitrogen and oxygen atoms in total. The molecule has 7 heteroatoms. The summed E-state index contributed by atoms with van der Waals surface area (Å²) in [5.41, 5.74) is -1.24. The zero-order valence-electron chi connectivity index (χ0n) is 7.02. The Hall–Kier alpha value is -0.850. The van der Waals surface area contributed by atoms with Gasteiger partial charge >= 0.3 is 6.18 Å². The molecule has 1 rings (SSSR count). The van der Waals surface area contributed by atoms with Gasteiger partial charge in [-0.2, -0.15) is 18.3 Å². The van der Waals surface area contributed by atoms with Gasteiger partial charge in [0.1, 0.15) is 11.4 Å². The third-order valence-corrected chi connectivity index (χ3v) is 1.91. The van der Waals surface area contributed by atoms with Crippen LogP contribution in [0.5, 0.6) is 0 Å². The number of H-pyrrole nitrogens is 1. The molecular weight excluding hydrogens is 265 g/mol.